The molecule has 22 heteroatoms. The van der Waals surface area contributed by atoms with Crippen LogP contribution in [0.2, 0.25) is 10.6 Å². The van der Waals surface area contributed by atoms with Crippen molar-refractivity contribution in [2.75, 3.05) is 10.2 Å². The molecule has 26 aromatic rings. The second-order valence-corrected chi connectivity index (χ2v) is 37.5. The van der Waals surface area contributed by atoms with Gasteiger partial charge < -0.3 is 20.3 Å². The Morgan fingerprint density at radius 2 is 0.743 bits per heavy atom. The number of nitrogens with one attached hydrogen (secondary N) is 2. The minimum absolute atomic E-state index is 0.0102. The summed E-state index contributed by atoms with van der Waals surface area (Å²) in [5.74, 6) is 1.07. The highest BCUT2D eigenvalue weighted by molar-refractivity contribution is 14.1. The van der Waals surface area contributed by atoms with E-state index in [1.807, 2.05) is 134 Å². The molecule has 0 bridgehead atoms. The van der Waals surface area contributed by atoms with Crippen LogP contribution in [0.25, 0.3) is 192 Å². The molecule has 0 saturated heterocycles. The molecule has 0 unspecified atom stereocenters. The summed E-state index contributed by atoms with van der Waals surface area (Å²) >= 11 is 13.7. The van der Waals surface area contributed by atoms with Crippen LogP contribution >= 0.6 is 45.8 Å². The summed E-state index contributed by atoms with van der Waals surface area (Å²) in [5, 5.41) is 44.7. The summed E-state index contributed by atoms with van der Waals surface area (Å²) in [6.45, 7) is 9.26. The van der Waals surface area contributed by atoms with Gasteiger partial charge in [0.05, 0.1) is 44.9 Å². The Morgan fingerprint density at radius 3 is 1.36 bits per heavy atom. The van der Waals surface area contributed by atoms with Gasteiger partial charge in [-0.25, -0.2) is 39.9 Å². The number of aromatic nitrogens is 14. The van der Waals surface area contributed by atoms with Crippen molar-refractivity contribution in [1.29, 1.82) is 0 Å². The molecule has 16 aromatic carbocycles. The van der Waals surface area contributed by atoms with E-state index in [1.54, 1.807) is 12.4 Å². The highest BCUT2D eigenvalue weighted by atomic mass is 127. The van der Waals surface area contributed by atoms with E-state index in [1.165, 1.54) is 71.4 Å². The number of halogens is 3. The molecule has 4 N–H and O–H groups in total. The molecule has 2 aliphatic rings. The average molecular weight is 1960 g/mol. The Morgan fingerprint density at radius 1 is 0.300 bits per heavy atom. The maximum absolute atomic E-state index is 9.44. The van der Waals surface area contributed by atoms with Gasteiger partial charge in [0, 0.05) is 112 Å². The van der Waals surface area contributed by atoms with Crippen molar-refractivity contribution in [3.63, 3.8) is 0 Å². The lowest BCUT2D eigenvalue weighted by molar-refractivity contribution is 0.426. The minimum atomic E-state index is -1.44. The number of hydrogen-bond acceptors (Lipinski definition) is 16. The third kappa shape index (κ3) is 15.1. The maximum atomic E-state index is 9.44. The molecule has 12 heterocycles. The predicted molar refractivity (Wildman–Crippen MR) is 582 cm³/mol. The molecular weight excluding hydrogens is 1880 g/mol. The van der Waals surface area contributed by atoms with Crippen LogP contribution in [-0.2, 0) is 10.8 Å². The molecule has 0 atom stereocenters. The molecular formula is C118H80BCl2IN16O2. The Labute approximate surface area is 826 Å². The van der Waals surface area contributed by atoms with E-state index in [0.717, 1.165) is 141 Å². The van der Waals surface area contributed by atoms with Crippen molar-refractivity contribution in [1.82, 2.24) is 69.4 Å². The van der Waals surface area contributed by atoms with Gasteiger partial charge in [0.25, 0.3) is 0 Å². The topological polar surface area (TPSA) is 231 Å². The molecule has 140 heavy (non-hydrogen) atoms. The van der Waals surface area contributed by atoms with E-state index in [9.17, 15) is 10.0 Å². The molecule has 0 fully saturated rings. The first-order valence-electron chi connectivity index (χ1n) is 46.0. The lowest BCUT2D eigenvalue weighted by Crippen LogP contribution is -2.31. The molecule has 0 saturated carbocycles. The van der Waals surface area contributed by atoms with Gasteiger partial charge in [-0.05, 0) is 247 Å². The Bertz CT molecular complexity index is 9540. The summed E-state index contributed by atoms with van der Waals surface area (Å²) in [4.78, 5) is 62.2. The van der Waals surface area contributed by atoms with Gasteiger partial charge in [-0.3, -0.25) is 9.47 Å². The molecule has 0 spiro atoms. The van der Waals surface area contributed by atoms with Crippen LogP contribution in [0.3, 0.4) is 0 Å². The summed E-state index contributed by atoms with van der Waals surface area (Å²) in [5.41, 5.74) is 21.9. The number of hydrogen-bond donors (Lipinski definition) is 4. The zero-order valence-electron chi connectivity index (χ0n) is 75.8. The van der Waals surface area contributed by atoms with Gasteiger partial charge >= 0.3 is 7.12 Å². The van der Waals surface area contributed by atoms with Gasteiger partial charge in [-0.2, -0.15) is 19.9 Å². The Hall–Kier alpha value is -16.5. The number of pyridine rings is 4. The van der Waals surface area contributed by atoms with Crippen LogP contribution in [-0.4, -0.2) is 86.5 Å². The fourth-order valence-corrected chi connectivity index (χ4v) is 21.6. The number of rotatable bonds is 6. The lowest BCUT2D eigenvalue weighted by atomic mass is 9.73. The summed E-state index contributed by atoms with van der Waals surface area (Å²) in [7, 11) is -1.44. The van der Waals surface area contributed by atoms with E-state index in [4.69, 9.17) is 53.1 Å². The number of fused-ring (bicyclic) bond motifs is 23. The number of benzene rings is 16. The van der Waals surface area contributed by atoms with E-state index in [0.29, 0.717) is 39.9 Å². The molecule has 668 valence electrons. The highest BCUT2D eigenvalue weighted by Gasteiger charge is 2.40. The quantitative estimate of drug-likeness (QED) is 0.0399. The van der Waals surface area contributed by atoms with Gasteiger partial charge in [-0.1, -0.05) is 282 Å². The number of anilines is 5. The zero-order valence-corrected chi connectivity index (χ0v) is 79.5. The van der Waals surface area contributed by atoms with E-state index in [2.05, 4.69) is 343 Å². The SMILES string of the molecule is CC1(C)c2ccccc2N(c2nc(-c3cc4ccccc4c4ccccc34)c3cccnc3n2)c2cc3c(cc21)c1ccccc1n3-c1nc(-c2cc3ccccc3c3ccccc23)c2cccnc2n1.CC1(C)c2ccccc2Nc2cc3[nH]c4ccccc4c3cc21.Clc1nc(-c2ccccc2)c2cccnc2n1.Clc1nc(I)c2cccnc2n1.OB(O)c1cc2ccccc2c2ccccc12. The molecule has 0 radical (unpaired) electrons. The smallest absolute Gasteiger partial charge is 0.423 e. The van der Waals surface area contributed by atoms with Crippen LogP contribution in [0.15, 0.2) is 389 Å². The monoisotopic (exact) mass is 1960 g/mol. The largest absolute Gasteiger partial charge is 0.489 e. The van der Waals surface area contributed by atoms with Crippen molar-refractivity contribution in [3.8, 4) is 39.7 Å². The minimum Gasteiger partial charge on any atom is -0.423 e. The molecule has 18 nitrogen and oxygen atoms in total. The third-order valence-corrected chi connectivity index (χ3v) is 28.2. The fourth-order valence-electron chi connectivity index (χ4n) is 20.5. The van der Waals surface area contributed by atoms with E-state index >= 15 is 0 Å². The number of H-pyrrole nitrogens is 1. The molecule has 28 rings (SSSR count). The third-order valence-electron chi connectivity index (χ3n) is 27.0. The van der Waals surface area contributed by atoms with Crippen LogP contribution in [0.1, 0.15) is 49.9 Å². The van der Waals surface area contributed by atoms with E-state index < -0.39 is 12.5 Å². The first-order chi connectivity index (χ1) is 68.5. The highest BCUT2D eigenvalue weighted by Crippen LogP contribution is 2.55. The first-order valence-corrected chi connectivity index (χ1v) is 47.9. The van der Waals surface area contributed by atoms with Crippen molar-refractivity contribution in [3.05, 3.63) is 425 Å². The average Bonchev–Trinajstić information content (AvgIpc) is 1.48. The second kappa shape index (κ2) is 35.3. The molecule has 10 aromatic heterocycles. The summed E-state index contributed by atoms with van der Waals surface area (Å²) in [6, 6.07) is 126. The van der Waals surface area contributed by atoms with Crippen LogP contribution in [0.4, 0.5) is 28.7 Å². The van der Waals surface area contributed by atoms with Crippen molar-refractivity contribution in [2.45, 2.75) is 38.5 Å². The summed E-state index contributed by atoms with van der Waals surface area (Å²) < 4.78 is 3.04. The van der Waals surface area contributed by atoms with Crippen LogP contribution < -0.4 is 15.7 Å². The Kier molecular flexibility index (Phi) is 21.8. The summed E-state index contributed by atoms with van der Waals surface area (Å²) in [6.07, 6.45) is 7.01. The molecule has 0 amide bonds. The molecule has 0 aliphatic carbocycles. The van der Waals surface area contributed by atoms with Crippen LogP contribution in [0, 0.1) is 3.70 Å². The van der Waals surface area contributed by atoms with Gasteiger partial charge in [-0.15, -0.1) is 0 Å². The van der Waals surface area contributed by atoms with Gasteiger partial charge in [0.15, 0.2) is 22.6 Å². The number of nitrogens with zero attached hydrogens (tertiary/aromatic N) is 14. The molecule has 2 aliphatic heterocycles. The Balaban J connectivity index is 0.000000122. The van der Waals surface area contributed by atoms with Gasteiger partial charge in [0.2, 0.25) is 22.5 Å². The van der Waals surface area contributed by atoms with E-state index in [-0.39, 0.29) is 16.0 Å². The van der Waals surface area contributed by atoms with Crippen molar-refractivity contribution < 1.29 is 10.0 Å². The van der Waals surface area contributed by atoms with Crippen LogP contribution in [0.5, 0.6) is 0 Å². The first kappa shape index (κ1) is 86.4. The normalized spacial score (nSPS) is 12.8. The van der Waals surface area contributed by atoms with Crippen molar-refractivity contribution in [2.24, 2.45) is 0 Å². The predicted octanol–water partition coefficient (Wildman–Crippen LogP) is 28.5. The maximum Gasteiger partial charge on any atom is 0.489 e. The van der Waals surface area contributed by atoms with Gasteiger partial charge in [0.1, 0.15) is 3.70 Å². The lowest BCUT2D eigenvalue weighted by Gasteiger charge is -2.41. The second-order valence-electron chi connectivity index (χ2n) is 35.8. The zero-order chi connectivity index (χ0) is 94.6. The fraction of sp³-hybridized carbons (Fsp3) is 0.0508. The van der Waals surface area contributed by atoms with Crippen molar-refractivity contribution >= 4 is 239 Å². The standard InChI is InChI=1S/C63H40N8.C21H18N2.C14H11BO2.C13H8ClN3.C7H3ClIN3/c1-63(2)51-28-12-14-30-54(51)71(62-67-58(47-27-16-32-65-60(47)69-62)50-34-38-18-4-6-20-40(38)42-22-8-10-24-44(42)50)56-36-55-48(35-52(56)63)45-25-11-13-29-53(45)70(55)61-66-57(46-26-15-31-64-59(46)68-61)49-33-37-17-3-5-19-39(37)41-21-7-9-23-43(41)49;1-21(2)15-8-4-6-10-18(15)23-20-12-19-14(11-16(20)21)13-7-3-5-9-17(13)22-19;16-15(17)14-9-10-5-1-2-6-11(10)12-7-3-4-8-13(12)14;14-13-16-11(9-5-2-1-3-6-9)10-7-4-8-15-12(10)17-13;8-7-11-5(9)4-2-1-3-10-6(4)12-7/h3-36H,1-2H3;3-12,22-23H,1-2H3;1-9,16-17H;1-8H;1-3H. The number of para-hydroxylation sites is 4. The number of aromatic amines is 1.